The third-order valence-corrected chi connectivity index (χ3v) is 2.95. The number of nitrogens with zero attached hydrogens (tertiary/aromatic N) is 2. The molecule has 0 spiro atoms. The van der Waals surface area contributed by atoms with Crippen molar-refractivity contribution in [3.63, 3.8) is 0 Å². The van der Waals surface area contributed by atoms with E-state index in [-0.39, 0.29) is 11.7 Å². The number of halogens is 1. The third kappa shape index (κ3) is 2.68. The predicted octanol–water partition coefficient (Wildman–Crippen LogP) is 2.83. The number of anilines is 1. The summed E-state index contributed by atoms with van der Waals surface area (Å²) < 4.78 is 0.618. The molecule has 2 rings (SSSR count). The van der Waals surface area contributed by atoms with Crippen molar-refractivity contribution in [1.29, 1.82) is 0 Å². The maximum absolute atomic E-state index is 12.2. The molecule has 1 N–H and O–H groups in total. The van der Waals surface area contributed by atoms with Gasteiger partial charge in [0.2, 0.25) is 0 Å². The normalized spacial score (nSPS) is 10.1. The van der Waals surface area contributed by atoms with E-state index in [0.29, 0.717) is 15.9 Å². The summed E-state index contributed by atoms with van der Waals surface area (Å²) in [5.74, 6) is 0.0371. The van der Waals surface area contributed by atoms with E-state index < -0.39 is 0 Å². The molecule has 92 valence electrons. The van der Waals surface area contributed by atoms with Gasteiger partial charge in [-0.15, -0.1) is 0 Å². The van der Waals surface area contributed by atoms with Crippen LogP contribution in [0.15, 0.2) is 47.2 Å². The van der Waals surface area contributed by atoms with Gasteiger partial charge in [0.15, 0.2) is 0 Å². The molecular formula is C13H11BrN2O2. The summed E-state index contributed by atoms with van der Waals surface area (Å²) in [6.45, 7) is 0. The van der Waals surface area contributed by atoms with Crippen LogP contribution in [-0.4, -0.2) is 23.0 Å². The Balaban J connectivity index is 2.26. The van der Waals surface area contributed by atoms with Crippen molar-refractivity contribution in [2.45, 2.75) is 0 Å². The largest absolute Gasteiger partial charge is 0.508 e. The van der Waals surface area contributed by atoms with E-state index in [1.165, 1.54) is 4.90 Å². The molecule has 1 aromatic carbocycles. The number of rotatable bonds is 2. The number of benzene rings is 1. The van der Waals surface area contributed by atoms with Crippen LogP contribution < -0.4 is 4.90 Å². The van der Waals surface area contributed by atoms with Crippen molar-refractivity contribution in [1.82, 2.24) is 4.98 Å². The third-order valence-electron chi connectivity index (χ3n) is 2.52. The lowest BCUT2D eigenvalue weighted by atomic mass is 10.2. The molecule has 0 fully saturated rings. The Kier molecular flexibility index (Phi) is 3.62. The molecule has 0 bridgehead atoms. The molecule has 0 atom stereocenters. The highest BCUT2D eigenvalue weighted by molar-refractivity contribution is 9.10. The standard InChI is InChI=1S/C13H11BrN2O2/c1-16(10-2-4-11(17)5-3-10)13(18)9-6-7-15-12(14)8-9/h2-8,17H,1H3. The molecule has 0 aliphatic rings. The number of carbonyl (C=O) groups excluding carboxylic acids is 1. The minimum absolute atomic E-state index is 0.135. The number of aromatic hydroxyl groups is 1. The molecule has 0 saturated heterocycles. The number of phenolic OH excluding ortho intramolecular Hbond substituents is 1. The zero-order valence-electron chi connectivity index (χ0n) is 9.67. The quantitative estimate of drug-likeness (QED) is 0.868. The molecule has 0 aliphatic heterocycles. The van der Waals surface area contributed by atoms with Gasteiger partial charge in [-0.05, 0) is 52.3 Å². The van der Waals surface area contributed by atoms with Gasteiger partial charge in [-0.1, -0.05) is 0 Å². The minimum Gasteiger partial charge on any atom is -0.508 e. The second-order valence-electron chi connectivity index (χ2n) is 3.75. The first-order valence-electron chi connectivity index (χ1n) is 5.26. The molecule has 0 radical (unpaired) electrons. The number of phenols is 1. The van der Waals surface area contributed by atoms with Crippen LogP contribution in [0, 0.1) is 0 Å². The summed E-state index contributed by atoms with van der Waals surface area (Å²) >= 11 is 3.23. The van der Waals surface area contributed by atoms with Gasteiger partial charge >= 0.3 is 0 Å². The average molecular weight is 307 g/mol. The molecule has 5 heteroatoms. The van der Waals surface area contributed by atoms with E-state index in [1.807, 2.05) is 0 Å². The highest BCUT2D eigenvalue weighted by Gasteiger charge is 2.13. The van der Waals surface area contributed by atoms with Crippen molar-refractivity contribution in [2.24, 2.45) is 0 Å². The number of hydrogen-bond acceptors (Lipinski definition) is 3. The first kappa shape index (κ1) is 12.6. The number of aromatic nitrogens is 1. The second-order valence-corrected chi connectivity index (χ2v) is 4.56. The van der Waals surface area contributed by atoms with Crippen molar-refractivity contribution in [3.8, 4) is 5.75 Å². The van der Waals surface area contributed by atoms with E-state index in [9.17, 15) is 9.90 Å². The van der Waals surface area contributed by atoms with Crippen LogP contribution in [0.1, 0.15) is 10.4 Å². The smallest absolute Gasteiger partial charge is 0.258 e. The lowest BCUT2D eigenvalue weighted by Crippen LogP contribution is -2.26. The van der Waals surface area contributed by atoms with Crippen molar-refractivity contribution in [3.05, 3.63) is 52.8 Å². The van der Waals surface area contributed by atoms with Gasteiger partial charge < -0.3 is 10.0 Å². The Labute approximate surface area is 113 Å². The van der Waals surface area contributed by atoms with Gasteiger partial charge in [0.25, 0.3) is 5.91 Å². The SMILES string of the molecule is CN(C(=O)c1ccnc(Br)c1)c1ccc(O)cc1. The molecule has 0 saturated carbocycles. The fourth-order valence-electron chi connectivity index (χ4n) is 1.52. The van der Waals surface area contributed by atoms with Gasteiger partial charge in [0.1, 0.15) is 10.4 Å². The van der Waals surface area contributed by atoms with Crippen molar-refractivity contribution < 1.29 is 9.90 Å². The van der Waals surface area contributed by atoms with Gasteiger partial charge in [-0.2, -0.15) is 0 Å². The molecule has 1 heterocycles. The lowest BCUT2D eigenvalue weighted by Gasteiger charge is -2.17. The van der Waals surface area contributed by atoms with E-state index in [2.05, 4.69) is 20.9 Å². The van der Waals surface area contributed by atoms with Gasteiger partial charge in [0, 0.05) is 24.5 Å². The maximum atomic E-state index is 12.2. The maximum Gasteiger partial charge on any atom is 0.258 e. The van der Waals surface area contributed by atoms with E-state index >= 15 is 0 Å². The van der Waals surface area contributed by atoms with Crippen LogP contribution in [0.3, 0.4) is 0 Å². The summed E-state index contributed by atoms with van der Waals surface area (Å²) in [5.41, 5.74) is 1.26. The predicted molar refractivity (Wildman–Crippen MR) is 72.8 cm³/mol. The monoisotopic (exact) mass is 306 g/mol. The van der Waals surface area contributed by atoms with Crippen molar-refractivity contribution in [2.75, 3.05) is 11.9 Å². The zero-order chi connectivity index (χ0) is 13.1. The Morgan fingerprint density at radius 1 is 1.28 bits per heavy atom. The topological polar surface area (TPSA) is 53.4 Å². The van der Waals surface area contributed by atoms with Crippen LogP contribution in [0.2, 0.25) is 0 Å². The highest BCUT2D eigenvalue weighted by Crippen LogP contribution is 2.19. The molecule has 1 aromatic heterocycles. The van der Waals surface area contributed by atoms with Crippen LogP contribution in [0.25, 0.3) is 0 Å². The number of carbonyl (C=O) groups is 1. The van der Waals surface area contributed by atoms with Crippen LogP contribution in [0.4, 0.5) is 5.69 Å². The molecule has 1 amide bonds. The number of pyridine rings is 1. The Morgan fingerprint density at radius 2 is 1.94 bits per heavy atom. The second kappa shape index (κ2) is 5.18. The van der Waals surface area contributed by atoms with E-state index in [4.69, 9.17) is 0 Å². The minimum atomic E-state index is -0.135. The molecular weight excluding hydrogens is 296 g/mol. The first-order valence-corrected chi connectivity index (χ1v) is 6.06. The summed E-state index contributed by atoms with van der Waals surface area (Å²) in [7, 11) is 1.68. The van der Waals surface area contributed by atoms with Gasteiger partial charge in [0.05, 0.1) is 0 Å². The molecule has 4 nitrogen and oxygen atoms in total. The lowest BCUT2D eigenvalue weighted by molar-refractivity contribution is 0.0993. The summed E-state index contributed by atoms with van der Waals surface area (Å²) in [6.07, 6.45) is 1.57. The van der Waals surface area contributed by atoms with Gasteiger partial charge in [-0.25, -0.2) is 4.98 Å². The Hall–Kier alpha value is -1.88. The molecule has 0 aliphatic carbocycles. The van der Waals surface area contributed by atoms with E-state index in [0.717, 1.165) is 0 Å². The summed E-state index contributed by atoms with van der Waals surface area (Å²) in [6, 6.07) is 9.78. The highest BCUT2D eigenvalue weighted by atomic mass is 79.9. The van der Waals surface area contributed by atoms with E-state index in [1.54, 1.807) is 49.6 Å². The zero-order valence-corrected chi connectivity index (χ0v) is 11.3. The Bertz CT molecular complexity index is 569. The van der Waals surface area contributed by atoms with Crippen molar-refractivity contribution >= 4 is 27.5 Å². The first-order chi connectivity index (χ1) is 8.58. The summed E-state index contributed by atoms with van der Waals surface area (Å²) in [5, 5.41) is 9.21. The van der Waals surface area contributed by atoms with Crippen LogP contribution in [0.5, 0.6) is 5.75 Å². The fraction of sp³-hybridized carbons (Fsp3) is 0.0769. The molecule has 0 unspecified atom stereocenters. The van der Waals surface area contributed by atoms with Crippen LogP contribution in [-0.2, 0) is 0 Å². The average Bonchev–Trinajstić information content (AvgIpc) is 2.38. The van der Waals surface area contributed by atoms with Gasteiger partial charge in [-0.3, -0.25) is 4.79 Å². The number of hydrogen-bond donors (Lipinski definition) is 1. The molecule has 2 aromatic rings. The number of amides is 1. The van der Waals surface area contributed by atoms with Crippen LogP contribution >= 0.6 is 15.9 Å². The summed E-state index contributed by atoms with van der Waals surface area (Å²) in [4.78, 5) is 17.7. The fourth-order valence-corrected chi connectivity index (χ4v) is 1.89. The molecule has 18 heavy (non-hydrogen) atoms. The Morgan fingerprint density at radius 3 is 2.56 bits per heavy atom.